The van der Waals surface area contributed by atoms with Crippen molar-refractivity contribution >= 4 is 5.91 Å². The number of aromatic hydroxyl groups is 1. The Bertz CT molecular complexity index is 406. The van der Waals surface area contributed by atoms with E-state index in [-0.39, 0.29) is 11.7 Å². The zero-order chi connectivity index (χ0) is 13.5. The molecular weight excluding hydrogens is 234 g/mol. The molecule has 0 aliphatic heterocycles. The Balaban J connectivity index is 2.68. The number of hydrogen-bond acceptors (Lipinski definition) is 4. The van der Waals surface area contributed by atoms with E-state index in [1.807, 2.05) is 0 Å². The first-order valence-electron chi connectivity index (χ1n) is 5.71. The molecule has 5 heteroatoms. The minimum Gasteiger partial charge on any atom is -0.504 e. The van der Waals surface area contributed by atoms with Gasteiger partial charge in [-0.25, -0.2) is 0 Å². The van der Waals surface area contributed by atoms with E-state index in [4.69, 9.17) is 9.47 Å². The van der Waals surface area contributed by atoms with Crippen LogP contribution in [0.3, 0.4) is 0 Å². The molecule has 0 radical (unpaired) electrons. The summed E-state index contributed by atoms with van der Waals surface area (Å²) in [5.41, 5.74) is 0.438. The zero-order valence-electron chi connectivity index (χ0n) is 11.0. The highest BCUT2D eigenvalue weighted by Gasteiger charge is 2.13. The Morgan fingerprint density at radius 3 is 2.67 bits per heavy atom. The van der Waals surface area contributed by atoms with Crippen molar-refractivity contribution in [2.24, 2.45) is 0 Å². The van der Waals surface area contributed by atoms with Gasteiger partial charge in [0.05, 0.1) is 7.11 Å². The van der Waals surface area contributed by atoms with Crippen molar-refractivity contribution in [3.05, 3.63) is 23.8 Å². The Morgan fingerprint density at radius 2 is 2.11 bits per heavy atom. The zero-order valence-corrected chi connectivity index (χ0v) is 11.0. The normalized spacial score (nSPS) is 10.2. The number of amides is 1. The quantitative estimate of drug-likeness (QED) is 0.781. The van der Waals surface area contributed by atoms with Crippen LogP contribution in [0, 0.1) is 0 Å². The molecule has 1 aromatic rings. The van der Waals surface area contributed by atoms with E-state index in [1.54, 1.807) is 31.2 Å². The first-order valence-corrected chi connectivity index (χ1v) is 5.71. The van der Waals surface area contributed by atoms with Gasteiger partial charge >= 0.3 is 0 Å². The number of carbonyl (C=O) groups excluding carboxylic acids is 1. The van der Waals surface area contributed by atoms with Crippen LogP contribution in [-0.2, 0) is 4.74 Å². The van der Waals surface area contributed by atoms with E-state index in [1.165, 1.54) is 13.2 Å². The Labute approximate surface area is 107 Å². The van der Waals surface area contributed by atoms with Gasteiger partial charge in [0, 0.05) is 32.9 Å². The summed E-state index contributed by atoms with van der Waals surface area (Å²) in [4.78, 5) is 13.6. The molecule has 0 unspecified atom stereocenters. The molecule has 1 N–H and O–H groups in total. The van der Waals surface area contributed by atoms with Gasteiger partial charge in [-0.3, -0.25) is 4.79 Å². The SMILES string of the molecule is COCCCN(C)C(=O)c1ccc(OC)c(O)c1. The number of rotatable bonds is 6. The van der Waals surface area contributed by atoms with E-state index in [9.17, 15) is 9.90 Å². The van der Waals surface area contributed by atoms with Crippen LogP contribution >= 0.6 is 0 Å². The molecule has 0 fully saturated rings. The fourth-order valence-electron chi connectivity index (χ4n) is 1.59. The van der Waals surface area contributed by atoms with Gasteiger partial charge in [-0.1, -0.05) is 0 Å². The molecule has 1 amide bonds. The van der Waals surface area contributed by atoms with Gasteiger partial charge in [0.1, 0.15) is 0 Å². The maximum atomic E-state index is 12.0. The number of phenols is 1. The number of benzene rings is 1. The molecule has 0 saturated heterocycles. The van der Waals surface area contributed by atoms with Gasteiger partial charge in [0.2, 0.25) is 0 Å². The van der Waals surface area contributed by atoms with E-state index in [0.717, 1.165) is 6.42 Å². The predicted octanol–water partition coefficient (Wildman–Crippen LogP) is 1.51. The molecule has 1 rings (SSSR count). The van der Waals surface area contributed by atoms with E-state index in [2.05, 4.69) is 0 Å². The summed E-state index contributed by atoms with van der Waals surface area (Å²) in [6, 6.07) is 4.62. The lowest BCUT2D eigenvalue weighted by molar-refractivity contribution is 0.0779. The van der Waals surface area contributed by atoms with Crippen molar-refractivity contribution in [2.45, 2.75) is 6.42 Å². The smallest absolute Gasteiger partial charge is 0.253 e. The Kier molecular flexibility index (Phi) is 5.45. The van der Waals surface area contributed by atoms with Crippen molar-refractivity contribution < 1.29 is 19.4 Å². The molecule has 100 valence electrons. The van der Waals surface area contributed by atoms with Gasteiger partial charge < -0.3 is 19.5 Å². The summed E-state index contributed by atoms with van der Waals surface area (Å²) < 4.78 is 9.86. The molecule has 0 aliphatic rings. The lowest BCUT2D eigenvalue weighted by Crippen LogP contribution is -2.28. The average Bonchev–Trinajstić information content (AvgIpc) is 2.38. The molecule has 1 aromatic carbocycles. The fraction of sp³-hybridized carbons (Fsp3) is 0.462. The maximum Gasteiger partial charge on any atom is 0.253 e. The van der Waals surface area contributed by atoms with Gasteiger partial charge in [-0.2, -0.15) is 0 Å². The van der Waals surface area contributed by atoms with E-state index < -0.39 is 0 Å². The molecule has 0 atom stereocenters. The summed E-state index contributed by atoms with van der Waals surface area (Å²) in [5, 5.41) is 9.62. The van der Waals surface area contributed by atoms with Crippen LogP contribution < -0.4 is 4.74 Å². The predicted molar refractivity (Wildman–Crippen MR) is 68.1 cm³/mol. The minimum absolute atomic E-state index is 0.0337. The molecular formula is C13H19NO4. The standard InChI is InChI=1S/C13H19NO4/c1-14(7-4-8-17-2)13(16)10-5-6-12(18-3)11(15)9-10/h5-6,9,15H,4,7-8H2,1-3H3. The second-order valence-corrected chi connectivity index (χ2v) is 3.96. The Morgan fingerprint density at radius 1 is 1.39 bits per heavy atom. The van der Waals surface area contributed by atoms with Crippen molar-refractivity contribution in [3.63, 3.8) is 0 Å². The molecule has 0 saturated carbocycles. The highest BCUT2D eigenvalue weighted by Crippen LogP contribution is 2.26. The second-order valence-electron chi connectivity index (χ2n) is 3.96. The summed E-state index contributed by atoms with van der Waals surface area (Å²) in [5.74, 6) is 0.186. The molecule has 0 heterocycles. The van der Waals surface area contributed by atoms with Gasteiger partial charge in [0.25, 0.3) is 5.91 Å². The van der Waals surface area contributed by atoms with Crippen molar-refractivity contribution in [2.75, 3.05) is 34.4 Å². The number of methoxy groups -OCH3 is 2. The van der Waals surface area contributed by atoms with Crippen molar-refractivity contribution in [1.82, 2.24) is 4.90 Å². The Hall–Kier alpha value is -1.75. The summed E-state index contributed by atoms with van der Waals surface area (Å²) in [6.07, 6.45) is 0.779. The van der Waals surface area contributed by atoms with Crippen molar-refractivity contribution in [1.29, 1.82) is 0 Å². The average molecular weight is 253 g/mol. The van der Waals surface area contributed by atoms with Crippen LogP contribution in [0.5, 0.6) is 11.5 Å². The minimum atomic E-state index is -0.135. The summed E-state index contributed by atoms with van der Waals surface area (Å²) >= 11 is 0. The first kappa shape index (κ1) is 14.3. The topological polar surface area (TPSA) is 59.0 Å². The van der Waals surface area contributed by atoms with E-state index in [0.29, 0.717) is 24.5 Å². The number of ether oxygens (including phenoxy) is 2. The lowest BCUT2D eigenvalue weighted by Gasteiger charge is -2.17. The van der Waals surface area contributed by atoms with Crippen LogP contribution in [-0.4, -0.2) is 50.3 Å². The molecule has 0 aromatic heterocycles. The molecule has 0 spiro atoms. The first-order chi connectivity index (χ1) is 8.60. The molecule has 18 heavy (non-hydrogen) atoms. The second kappa shape index (κ2) is 6.86. The maximum absolute atomic E-state index is 12.0. The third-order valence-electron chi connectivity index (χ3n) is 2.61. The summed E-state index contributed by atoms with van der Waals surface area (Å²) in [6.45, 7) is 1.23. The fourth-order valence-corrected chi connectivity index (χ4v) is 1.59. The number of phenolic OH excluding ortho intramolecular Hbond substituents is 1. The van der Waals surface area contributed by atoms with Crippen molar-refractivity contribution in [3.8, 4) is 11.5 Å². The number of nitrogens with zero attached hydrogens (tertiary/aromatic N) is 1. The third kappa shape index (κ3) is 3.63. The largest absolute Gasteiger partial charge is 0.504 e. The van der Waals surface area contributed by atoms with Gasteiger partial charge in [-0.05, 0) is 24.6 Å². The lowest BCUT2D eigenvalue weighted by atomic mass is 10.1. The molecule has 5 nitrogen and oxygen atoms in total. The van der Waals surface area contributed by atoms with Crippen LogP contribution in [0.4, 0.5) is 0 Å². The summed E-state index contributed by atoms with van der Waals surface area (Å²) in [7, 11) is 4.82. The van der Waals surface area contributed by atoms with Gasteiger partial charge in [-0.15, -0.1) is 0 Å². The van der Waals surface area contributed by atoms with E-state index >= 15 is 0 Å². The van der Waals surface area contributed by atoms with Crippen LogP contribution in [0.2, 0.25) is 0 Å². The molecule has 0 aliphatic carbocycles. The highest BCUT2D eigenvalue weighted by molar-refractivity contribution is 5.94. The number of carbonyl (C=O) groups is 1. The van der Waals surface area contributed by atoms with Crippen LogP contribution in [0.25, 0.3) is 0 Å². The number of hydrogen-bond donors (Lipinski definition) is 1. The van der Waals surface area contributed by atoms with Gasteiger partial charge in [0.15, 0.2) is 11.5 Å². The monoisotopic (exact) mass is 253 g/mol. The third-order valence-corrected chi connectivity index (χ3v) is 2.61. The van der Waals surface area contributed by atoms with Crippen LogP contribution in [0.1, 0.15) is 16.8 Å². The molecule has 0 bridgehead atoms. The van der Waals surface area contributed by atoms with Crippen LogP contribution in [0.15, 0.2) is 18.2 Å². The highest BCUT2D eigenvalue weighted by atomic mass is 16.5.